The van der Waals surface area contributed by atoms with Gasteiger partial charge in [-0.2, -0.15) is 0 Å². The fraction of sp³-hybridized carbons (Fsp3) is 0.600. The quantitative estimate of drug-likeness (QED) is 0.775. The number of nitrogens with zero attached hydrogens (tertiary/aromatic N) is 3. The second kappa shape index (κ2) is 8.61. The highest BCUT2D eigenvalue weighted by atomic mass is 16.6. The van der Waals surface area contributed by atoms with Crippen molar-refractivity contribution < 1.29 is 19.1 Å². The van der Waals surface area contributed by atoms with E-state index in [0.717, 1.165) is 13.1 Å². The maximum Gasteiger partial charge on any atom is 0.267 e. The SMILES string of the molecule is CCN(CC)C(=O)CN1CCN(C(=O)C2Oc3ccccc3OC2C)CC1. The molecule has 0 bridgehead atoms. The molecular weight excluding hydrogens is 346 g/mol. The molecule has 27 heavy (non-hydrogen) atoms. The molecule has 0 saturated carbocycles. The highest BCUT2D eigenvalue weighted by molar-refractivity contribution is 5.82. The summed E-state index contributed by atoms with van der Waals surface area (Å²) < 4.78 is 11.8. The average molecular weight is 375 g/mol. The van der Waals surface area contributed by atoms with Crippen LogP contribution in [0.1, 0.15) is 20.8 Å². The Morgan fingerprint density at radius 1 is 1.04 bits per heavy atom. The monoisotopic (exact) mass is 375 g/mol. The van der Waals surface area contributed by atoms with Gasteiger partial charge >= 0.3 is 0 Å². The number of piperazine rings is 1. The van der Waals surface area contributed by atoms with Crippen LogP contribution in [0.15, 0.2) is 24.3 Å². The Morgan fingerprint density at radius 3 is 2.22 bits per heavy atom. The van der Waals surface area contributed by atoms with Crippen molar-refractivity contribution >= 4 is 11.8 Å². The van der Waals surface area contributed by atoms with Gasteiger partial charge in [0.2, 0.25) is 12.0 Å². The molecule has 0 aliphatic carbocycles. The molecule has 148 valence electrons. The molecule has 1 aromatic carbocycles. The minimum absolute atomic E-state index is 0.0493. The summed E-state index contributed by atoms with van der Waals surface area (Å²) in [4.78, 5) is 31.0. The lowest BCUT2D eigenvalue weighted by molar-refractivity contribution is -0.146. The van der Waals surface area contributed by atoms with E-state index in [2.05, 4.69) is 4.90 Å². The zero-order valence-corrected chi connectivity index (χ0v) is 16.4. The first-order valence-electron chi connectivity index (χ1n) is 9.74. The van der Waals surface area contributed by atoms with E-state index in [0.29, 0.717) is 44.2 Å². The summed E-state index contributed by atoms with van der Waals surface area (Å²) in [5.74, 6) is 1.38. The van der Waals surface area contributed by atoms with Crippen molar-refractivity contribution in [2.45, 2.75) is 33.0 Å². The molecule has 2 aliphatic rings. The van der Waals surface area contributed by atoms with E-state index in [4.69, 9.17) is 9.47 Å². The Labute approximate surface area is 160 Å². The van der Waals surface area contributed by atoms with Gasteiger partial charge in [-0.15, -0.1) is 0 Å². The van der Waals surface area contributed by atoms with E-state index < -0.39 is 6.10 Å². The van der Waals surface area contributed by atoms with Crippen LogP contribution in [-0.2, 0) is 9.59 Å². The molecule has 0 radical (unpaired) electrons. The van der Waals surface area contributed by atoms with Crippen LogP contribution in [-0.4, -0.2) is 84.5 Å². The molecule has 2 unspecified atom stereocenters. The predicted molar refractivity (Wildman–Crippen MR) is 102 cm³/mol. The fourth-order valence-electron chi connectivity index (χ4n) is 3.56. The summed E-state index contributed by atoms with van der Waals surface area (Å²) in [6, 6.07) is 7.41. The first kappa shape index (κ1) is 19.5. The maximum absolute atomic E-state index is 12.9. The Morgan fingerprint density at radius 2 is 1.63 bits per heavy atom. The first-order chi connectivity index (χ1) is 13.0. The van der Waals surface area contributed by atoms with Gasteiger partial charge in [0.15, 0.2) is 11.5 Å². The molecule has 1 fully saturated rings. The molecule has 0 N–H and O–H groups in total. The smallest absolute Gasteiger partial charge is 0.267 e. The normalized spacial score (nSPS) is 22.4. The van der Waals surface area contributed by atoms with E-state index >= 15 is 0 Å². The van der Waals surface area contributed by atoms with Crippen LogP contribution in [0.3, 0.4) is 0 Å². The van der Waals surface area contributed by atoms with Crippen molar-refractivity contribution in [2.75, 3.05) is 45.8 Å². The standard InChI is InChI=1S/C20H29N3O4/c1-4-22(5-2)18(24)14-21-10-12-23(13-11-21)20(25)19-15(3)26-16-8-6-7-9-17(16)27-19/h6-9,15,19H,4-5,10-14H2,1-3H3. The highest BCUT2D eigenvalue weighted by Gasteiger charge is 2.37. The summed E-state index contributed by atoms with van der Waals surface area (Å²) in [5, 5.41) is 0. The van der Waals surface area contributed by atoms with Gasteiger partial charge in [0.25, 0.3) is 5.91 Å². The zero-order valence-electron chi connectivity index (χ0n) is 16.4. The van der Waals surface area contributed by atoms with E-state index in [1.807, 2.05) is 54.8 Å². The fourth-order valence-corrected chi connectivity index (χ4v) is 3.56. The minimum Gasteiger partial charge on any atom is -0.482 e. The van der Waals surface area contributed by atoms with Crippen molar-refractivity contribution in [1.29, 1.82) is 0 Å². The van der Waals surface area contributed by atoms with Crippen molar-refractivity contribution in [3.05, 3.63) is 24.3 Å². The Hall–Kier alpha value is -2.28. The van der Waals surface area contributed by atoms with Crippen molar-refractivity contribution in [1.82, 2.24) is 14.7 Å². The van der Waals surface area contributed by atoms with Crippen molar-refractivity contribution in [3.63, 3.8) is 0 Å². The molecule has 7 nitrogen and oxygen atoms in total. The van der Waals surface area contributed by atoms with Gasteiger partial charge in [-0.25, -0.2) is 0 Å². The third kappa shape index (κ3) is 4.35. The van der Waals surface area contributed by atoms with Crippen molar-refractivity contribution in [3.8, 4) is 11.5 Å². The lowest BCUT2D eigenvalue weighted by Gasteiger charge is -2.39. The minimum atomic E-state index is -0.635. The molecule has 2 amide bonds. The number of ether oxygens (including phenoxy) is 2. The molecule has 1 aromatic rings. The molecule has 2 aliphatic heterocycles. The Kier molecular flexibility index (Phi) is 6.21. The number of hydrogen-bond acceptors (Lipinski definition) is 5. The van der Waals surface area contributed by atoms with Crippen LogP contribution in [0.2, 0.25) is 0 Å². The third-order valence-electron chi connectivity index (χ3n) is 5.24. The van der Waals surface area contributed by atoms with Crippen LogP contribution in [0, 0.1) is 0 Å². The molecule has 7 heteroatoms. The summed E-state index contributed by atoms with van der Waals surface area (Å²) in [6.07, 6.45) is -0.974. The Balaban J connectivity index is 1.54. The lowest BCUT2D eigenvalue weighted by Crippen LogP contribution is -2.57. The Bertz CT molecular complexity index is 669. The second-order valence-corrected chi connectivity index (χ2v) is 6.98. The topological polar surface area (TPSA) is 62.3 Å². The molecule has 0 aromatic heterocycles. The van der Waals surface area contributed by atoms with Crippen LogP contribution < -0.4 is 9.47 Å². The number of rotatable bonds is 5. The number of para-hydroxylation sites is 2. The van der Waals surface area contributed by atoms with Gasteiger partial charge in [0.1, 0.15) is 6.10 Å². The van der Waals surface area contributed by atoms with E-state index in [1.165, 1.54) is 0 Å². The van der Waals surface area contributed by atoms with Gasteiger partial charge in [0, 0.05) is 39.3 Å². The number of likely N-dealkylation sites (N-methyl/N-ethyl adjacent to an activating group) is 1. The summed E-state index contributed by atoms with van der Waals surface area (Å²) >= 11 is 0. The molecule has 0 spiro atoms. The highest BCUT2D eigenvalue weighted by Crippen LogP contribution is 2.33. The molecule has 2 atom stereocenters. The number of carbonyl (C=O) groups is 2. The van der Waals surface area contributed by atoms with Gasteiger partial charge in [-0.3, -0.25) is 14.5 Å². The summed E-state index contributed by atoms with van der Waals surface area (Å²) in [5.41, 5.74) is 0. The van der Waals surface area contributed by atoms with Crippen molar-refractivity contribution in [2.24, 2.45) is 0 Å². The van der Waals surface area contributed by atoms with Gasteiger partial charge in [0.05, 0.1) is 6.54 Å². The first-order valence-corrected chi connectivity index (χ1v) is 9.74. The molecule has 3 rings (SSSR count). The molecule has 1 saturated heterocycles. The van der Waals surface area contributed by atoms with Crippen LogP contribution >= 0.6 is 0 Å². The van der Waals surface area contributed by atoms with Gasteiger partial charge < -0.3 is 19.3 Å². The molecule has 2 heterocycles. The van der Waals surface area contributed by atoms with Gasteiger partial charge in [-0.05, 0) is 32.9 Å². The number of amides is 2. The average Bonchev–Trinajstić information content (AvgIpc) is 2.68. The number of benzene rings is 1. The van der Waals surface area contributed by atoms with Crippen LogP contribution in [0.5, 0.6) is 11.5 Å². The van der Waals surface area contributed by atoms with E-state index in [1.54, 1.807) is 0 Å². The number of fused-ring (bicyclic) bond motifs is 1. The molecular formula is C20H29N3O4. The number of carbonyl (C=O) groups excluding carboxylic acids is 2. The summed E-state index contributed by atoms with van der Waals surface area (Å²) in [6.45, 7) is 10.3. The second-order valence-electron chi connectivity index (χ2n) is 6.98. The van der Waals surface area contributed by atoms with E-state index in [-0.39, 0.29) is 17.9 Å². The maximum atomic E-state index is 12.9. The van der Waals surface area contributed by atoms with Gasteiger partial charge in [-0.1, -0.05) is 12.1 Å². The van der Waals surface area contributed by atoms with E-state index in [9.17, 15) is 9.59 Å². The lowest BCUT2D eigenvalue weighted by atomic mass is 10.1. The third-order valence-corrected chi connectivity index (χ3v) is 5.24. The number of hydrogen-bond donors (Lipinski definition) is 0. The van der Waals surface area contributed by atoms with Crippen LogP contribution in [0.4, 0.5) is 0 Å². The van der Waals surface area contributed by atoms with Crippen LogP contribution in [0.25, 0.3) is 0 Å². The largest absolute Gasteiger partial charge is 0.482 e. The summed E-state index contributed by atoms with van der Waals surface area (Å²) in [7, 11) is 0. The zero-order chi connectivity index (χ0) is 19.4. The predicted octanol–water partition coefficient (Wildman–Crippen LogP) is 1.23.